The molecule has 0 unspecified atom stereocenters. The summed E-state index contributed by atoms with van der Waals surface area (Å²) in [4.78, 5) is 9.22. The average Bonchev–Trinajstić information content (AvgIpc) is 3.05. The van der Waals surface area contributed by atoms with Crippen molar-refractivity contribution in [2.45, 2.75) is 45.4 Å². The maximum Gasteiger partial charge on any atom is 0.119 e. The predicted octanol–water partition coefficient (Wildman–Crippen LogP) is 2.46. The summed E-state index contributed by atoms with van der Waals surface area (Å²) in [5.41, 5.74) is 2.22. The molecule has 1 aliphatic rings. The minimum absolute atomic E-state index is 0.518. The summed E-state index contributed by atoms with van der Waals surface area (Å²) in [6, 6.07) is 0. The Morgan fingerprint density at radius 1 is 1.48 bits per heavy atom. The van der Waals surface area contributed by atoms with Crippen LogP contribution in [0.25, 0.3) is 0 Å². The van der Waals surface area contributed by atoms with Crippen molar-refractivity contribution >= 4 is 11.3 Å². The fourth-order valence-electron chi connectivity index (χ4n) is 2.90. The molecule has 0 saturated carbocycles. The van der Waals surface area contributed by atoms with Crippen molar-refractivity contribution < 1.29 is 4.74 Å². The molecule has 21 heavy (non-hydrogen) atoms. The van der Waals surface area contributed by atoms with Gasteiger partial charge in [-0.1, -0.05) is 0 Å². The van der Waals surface area contributed by atoms with Crippen LogP contribution in [0.4, 0.5) is 0 Å². The first-order chi connectivity index (χ1) is 10.3. The number of rotatable bonds is 6. The van der Waals surface area contributed by atoms with Gasteiger partial charge in [0.1, 0.15) is 10.8 Å². The van der Waals surface area contributed by atoms with E-state index in [1.807, 2.05) is 0 Å². The Hall–Kier alpha value is -1.24. The molecule has 114 valence electrons. The molecule has 2 aromatic heterocycles. The largest absolute Gasteiger partial charge is 0.378 e. The molecule has 0 aromatic carbocycles. The molecule has 1 atom stereocenters. The van der Waals surface area contributed by atoms with E-state index in [9.17, 15) is 0 Å². The summed E-state index contributed by atoms with van der Waals surface area (Å²) >= 11 is 1.66. The molecule has 0 saturated heterocycles. The summed E-state index contributed by atoms with van der Waals surface area (Å²) in [6.07, 6.45) is 4.62. The van der Waals surface area contributed by atoms with Crippen molar-refractivity contribution in [1.82, 2.24) is 19.9 Å². The van der Waals surface area contributed by atoms with E-state index in [1.54, 1.807) is 18.4 Å². The van der Waals surface area contributed by atoms with Crippen LogP contribution in [0.15, 0.2) is 11.6 Å². The second-order valence-electron chi connectivity index (χ2n) is 5.57. The molecule has 0 amide bonds. The molecule has 1 N–H and O–H groups in total. The second-order valence-corrected chi connectivity index (χ2v) is 6.51. The zero-order valence-corrected chi connectivity index (χ0v) is 13.4. The van der Waals surface area contributed by atoms with E-state index in [-0.39, 0.29) is 0 Å². The van der Waals surface area contributed by atoms with Crippen molar-refractivity contribution in [2.75, 3.05) is 13.7 Å². The van der Waals surface area contributed by atoms with Crippen LogP contribution < -0.4 is 5.32 Å². The second kappa shape index (κ2) is 6.68. The third-order valence-corrected chi connectivity index (χ3v) is 4.68. The Balaban J connectivity index is 1.53. The number of nitrogens with zero attached hydrogens (tertiary/aromatic N) is 3. The highest BCUT2D eigenvalue weighted by Gasteiger charge is 2.21. The summed E-state index contributed by atoms with van der Waals surface area (Å²) in [5, 5.41) is 6.67. The lowest BCUT2D eigenvalue weighted by Gasteiger charge is -2.23. The van der Waals surface area contributed by atoms with Gasteiger partial charge >= 0.3 is 0 Å². The molecule has 2 aromatic rings. The number of nitrogens with one attached hydrogen (secondary N) is 1. The van der Waals surface area contributed by atoms with Crippen LogP contribution in [0.2, 0.25) is 0 Å². The molecule has 6 heteroatoms. The first-order valence-electron chi connectivity index (χ1n) is 7.43. The van der Waals surface area contributed by atoms with Gasteiger partial charge in [0.25, 0.3) is 0 Å². The average molecular weight is 306 g/mol. The van der Waals surface area contributed by atoms with E-state index in [1.165, 1.54) is 18.7 Å². The highest BCUT2D eigenvalue weighted by molar-refractivity contribution is 7.09. The van der Waals surface area contributed by atoms with Crippen molar-refractivity contribution in [2.24, 2.45) is 0 Å². The SMILES string of the molecule is COCc1nc(CNC[C@H]2CCCn3cc(C)nc32)cs1. The Morgan fingerprint density at radius 3 is 3.24 bits per heavy atom. The molecule has 3 rings (SSSR count). The quantitative estimate of drug-likeness (QED) is 0.891. The van der Waals surface area contributed by atoms with Gasteiger partial charge in [-0.3, -0.25) is 0 Å². The molecule has 0 aliphatic carbocycles. The van der Waals surface area contributed by atoms with E-state index in [0.717, 1.165) is 36.0 Å². The minimum Gasteiger partial charge on any atom is -0.378 e. The lowest BCUT2D eigenvalue weighted by molar-refractivity contribution is 0.184. The number of imidazole rings is 1. The lowest BCUT2D eigenvalue weighted by Crippen LogP contribution is -2.26. The molecule has 3 heterocycles. The number of thiazole rings is 1. The van der Waals surface area contributed by atoms with E-state index in [0.29, 0.717) is 12.5 Å². The van der Waals surface area contributed by atoms with E-state index >= 15 is 0 Å². The highest BCUT2D eigenvalue weighted by Crippen LogP contribution is 2.26. The zero-order chi connectivity index (χ0) is 14.7. The normalized spacial score (nSPS) is 17.9. The van der Waals surface area contributed by atoms with E-state index in [2.05, 4.69) is 38.4 Å². The van der Waals surface area contributed by atoms with Gasteiger partial charge in [-0.05, 0) is 19.8 Å². The fourth-order valence-corrected chi connectivity index (χ4v) is 3.66. The van der Waals surface area contributed by atoms with Gasteiger partial charge in [0.05, 0.1) is 18.0 Å². The van der Waals surface area contributed by atoms with Gasteiger partial charge < -0.3 is 14.6 Å². The Bertz CT molecular complexity index is 592. The molecule has 0 fully saturated rings. The topological polar surface area (TPSA) is 52.0 Å². The van der Waals surface area contributed by atoms with Crippen molar-refractivity contribution in [3.05, 3.63) is 33.8 Å². The summed E-state index contributed by atoms with van der Waals surface area (Å²) in [7, 11) is 1.70. The number of aromatic nitrogens is 3. The Labute approximate surface area is 129 Å². The van der Waals surface area contributed by atoms with Crippen molar-refractivity contribution in [1.29, 1.82) is 0 Å². The number of ether oxygens (including phenoxy) is 1. The monoisotopic (exact) mass is 306 g/mol. The maximum absolute atomic E-state index is 5.10. The summed E-state index contributed by atoms with van der Waals surface area (Å²) in [5.74, 6) is 1.76. The zero-order valence-electron chi connectivity index (χ0n) is 12.6. The molecular weight excluding hydrogens is 284 g/mol. The van der Waals surface area contributed by atoms with Gasteiger partial charge in [-0.25, -0.2) is 9.97 Å². The number of hydrogen-bond donors (Lipinski definition) is 1. The Morgan fingerprint density at radius 2 is 2.38 bits per heavy atom. The van der Waals surface area contributed by atoms with Crippen LogP contribution in [-0.4, -0.2) is 28.2 Å². The first kappa shape index (κ1) is 14.7. The van der Waals surface area contributed by atoms with Crippen LogP contribution in [0.5, 0.6) is 0 Å². The lowest BCUT2D eigenvalue weighted by atomic mass is 9.99. The predicted molar refractivity (Wildman–Crippen MR) is 83.5 cm³/mol. The number of aryl methyl sites for hydroxylation is 2. The Kier molecular flexibility index (Phi) is 4.67. The molecule has 0 spiro atoms. The highest BCUT2D eigenvalue weighted by atomic mass is 32.1. The molecule has 1 aliphatic heterocycles. The van der Waals surface area contributed by atoms with Crippen LogP contribution in [0.1, 0.15) is 41.0 Å². The number of fused-ring (bicyclic) bond motifs is 1. The fraction of sp³-hybridized carbons (Fsp3) is 0.600. The number of hydrogen-bond acceptors (Lipinski definition) is 5. The van der Waals surface area contributed by atoms with Gasteiger partial charge in [0.15, 0.2) is 0 Å². The van der Waals surface area contributed by atoms with Gasteiger partial charge in [-0.2, -0.15) is 0 Å². The molecular formula is C15H22N4OS. The molecule has 5 nitrogen and oxygen atoms in total. The maximum atomic E-state index is 5.10. The van der Waals surface area contributed by atoms with Crippen LogP contribution >= 0.6 is 11.3 Å². The van der Waals surface area contributed by atoms with Gasteiger partial charge in [0, 0.05) is 44.2 Å². The van der Waals surface area contributed by atoms with Crippen LogP contribution in [-0.2, 0) is 24.4 Å². The van der Waals surface area contributed by atoms with Gasteiger partial charge in [-0.15, -0.1) is 11.3 Å². The minimum atomic E-state index is 0.518. The van der Waals surface area contributed by atoms with Crippen molar-refractivity contribution in [3.63, 3.8) is 0 Å². The van der Waals surface area contributed by atoms with Crippen molar-refractivity contribution in [3.8, 4) is 0 Å². The third-order valence-electron chi connectivity index (χ3n) is 3.81. The van der Waals surface area contributed by atoms with E-state index in [4.69, 9.17) is 4.74 Å². The van der Waals surface area contributed by atoms with Gasteiger partial charge in [0.2, 0.25) is 0 Å². The van der Waals surface area contributed by atoms with Crippen LogP contribution in [0.3, 0.4) is 0 Å². The summed E-state index contributed by atoms with van der Waals surface area (Å²) in [6.45, 7) is 5.57. The number of methoxy groups -OCH3 is 1. The standard InChI is InChI=1S/C15H22N4OS/c1-11-8-19-5-3-4-12(15(19)17-11)6-16-7-13-10-21-14(18-13)9-20-2/h8,10,12,16H,3-7,9H2,1-2H3/t12-/m1/s1. The summed E-state index contributed by atoms with van der Waals surface area (Å²) < 4.78 is 7.41. The van der Waals surface area contributed by atoms with Crippen LogP contribution in [0, 0.1) is 6.92 Å². The van der Waals surface area contributed by atoms with E-state index < -0.39 is 0 Å². The first-order valence-corrected chi connectivity index (χ1v) is 8.31. The smallest absolute Gasteiger partial charge is 0.119 e. The molecule has 0 radical (unpaired) electrons. The molecule has 0 bridgehead atoms. The third kappa shape index (κ3) is 3.51.